The van der Waals surface area contributed by atoms with Crippen molar-refractivity contribution in [1.82, 2.24) is 4.73 Å². The molecule has 0 saturated heterocycles. The van der Waals surface area contributed by atoms with Crippen LogP contribution in [0, 0.1) is 10.1 Å². The van der Waals surface area contributed by atoms with Crippen molar-refractivity contribution < 1.29 is 4.43 Å². The van der Waals surface area contributed by atoms with E-state index in [4.69, 9.17) is 0 Å². The van der Waals surface area contributed by atoms with E-state index in [0.29, 0.717) is 22.1 Å². The molecule has 0 bridgehead atoms. The van der Waals surface area contributed by atoms with Gasteiger partial charge in [-0.1, -0.05) is 31.9 Å². The van der Waals surface area contributed by atoms with Crippen molar-refractivity contribution in [1.29, 1.82) is 0 Å². The first kappa shape index (κ1) is 11.7. The van der Waals surface area contributed by atoms with Crippen LogP contribution in [0.4, 0.5) is 0 Å². The van der Waals surface area contributed by atoms with E-state index in [0.717, 1.165) is 18.1 Å². The molecule has 0 fully saturated rings. The first-order valence-electron chi connectivity index (χ1n) is 5.11. The number of fused-ring (bicyclic) bond motifs is 2. The highest BCUT2D eigenvalue weighted by atomic mass is 79.9. The molecular weight excluding hydrogens is 364 g/mol. The number of hydrogen-bond acceptors (Lipinski definition) is 2. The van der Waals surface area contributed by atoms with Crippen LogP contribution < -0.4 is 4.43 Å². The third-order valence-electron chi connectivity index (χ3n) is 2.75. The molecule has 1 heterocycles. The fourth-order valence-corrected chi connectivity index (χ4v) is 2.62. The maximum atomic E-state index is 12.2. The fourth-order valence-electron chi connectivity index (χ4n) is 1.92. The van der Waals surface area contributed by atoms with Gasteiger partial charge in [0, 0.05) is 26.0 Å². The lowest BCUT2D eigenvalue weighted by Gasteiger charge is -2.14. The smallest absolute Gasteiger partial charge is 0.287 e. The average Bonchev–Trinajstić information content (AvgIpc) is 2.36. The number of nitrogens with zero attached hydrogens (tertiary/aromatic N) is 2. The Balaban J connectivity index is 2.65. The molecule has 90 valence electrons. The lowest BCUT2D eigenvalue weighted by molar-refractivity contribution is -0.432. The fraction of sp³-hybridized carbons (Fsp3) is 0. The van der Waals surface area contributed by atoms with Crippen LogP contribution in [-0.2, 0) is 0 Å². The van der Waals surface area contributed by atoms with Crippen LogP contribution in [0.5, 0.6) is 0 Å². The minimum Gasteiger partial charge on any atom is -0.805 e. The lowest BCUT2D eigenvalue weighted by Crippen LogP contribution is -2.19. The van der Waals surface area contributed by atoms with Gasteiger partial charge >= 0.3 is 0 Å². The van der Waals surface area contributed by atoms with Crippen molar-refractivity contribution in [3.63, 3.8) is 0 Å². The molecule has 2 aromatic carbocycles. The zero-order valence-corrected chi connectivity index (χ0v) is 12.1. The van der Waals surface area contributed by atoms with E-state index in [1.807, 2.05) is 0 Å². The molecule has 0 saturated carbocycles. The van der Waals surface area contributed by atoms with Crippen molar-refractivity contribution in [3.05, 3.63) is 55.5 Å². The third kappa shape index (κ3) is 1.64. The summed E-state index contributed by atoms with van der Waals surface area (Å²) in [7, 11) is 0. The van der Waals surface area contributed by atoms with E-state index >= 15 is 0 Å². The van der Waals surface area contributed by atoms with Crippen LogP contribution in [0.15, 0.2) is 45.3 Å². The Morgan fingerprint density at radius 2 is 1.61 bits per heavy atom. The van der Waals surface area contributed by atoms with Crippen LogP contribution in [0.25, 0.3) is 22.1 Å². The molecule has 3 aromatic rings. The van der Waals surface area contributed by atoms with Crippen LogP contribution in [-0.4, -0.2) is 4.73 Å². The van der Waals surface area contributed by atoms with Crippen molar-refractivity contribution in [2.45, 2.75) is 0 Å². The average molecular weight is 370 g/mol. The maximum Gasteiger partial charge on any atom is 0.287 e. The molecule has 0 amide bonds. The zero-order chi connectivity index (χ0) is 12.9. The van der Waals surface area contributed by atoms with E-state index in [-0.39, 0.29) is 0 Å². The van der Waals surface area contributed by atoms with Crippen molar-refractivity contribution >= 4 is 53.9 Å². The summed E-state index contributed by atoms with van der Waals surface area (Å²) < 4.78 is 3.07. The van der Waals surface area contributed by atoms with Gasteiger partial charge in [-0.05, 0) is 24.3 Å². The summed E-state index contributed by atoms with van der Waals surface area (Å²) in [6.45, 7) is 0. The van der Waals surface area contributed by atoms with Gasteiger partial charge in [0.15, 0.2) is 0 Å². The van der Waals surface area contributed by atoms with Gasteiger partial charge in [0.2, 0.25) is 0 Å². The van der Waals surface area contributed by atoms with Crippen LogP contribution in [0.1, 0.15) is 0 Å². The highest BCUT2D eigenvalue weighted by Gasteiger charge is 2.15. The molecule has 0 aliphatic carbocycles. The van der Waals surface area contributed by atoms with Crippen molar-refractivity contribution in [3.8, 4) is 0 Å². The number of halogens is 2. The molecule has 0 aliphatic heterocycles. The summed E-state index contributed by atoms with van der Waals surface area (Å²) in [6.07, 6.45) is 0. The van der Waals surface area contributed by atoms with Gasteiger partial charge < -0.3 is 9.94 Å². The van der Waals surface area contributed by atoms with Gasteiger partial charge in [-0.3, -0.25) is 0 Å². The van der Waals surface area contributed by atoms with E-state index in [2.05, 4.69) is 31.9 Å². The standard InChI is InChI=1S/C12H6Br2N2O2/c13-7-1-3-9-11(5-7)16(18)10-4-2-8(14)6-12(10)15(9)17/h1-6H. The van der Waals surface area contributed by atoms with Gasteiger partial charge in [-0.25, -0.2) is 0 Å². The first-order chi connectivity index (χ1) is 8.58. The Morgan fingerprint density at radius 3 is 2.39 bits per heavy atom. The molecular formula is C12H6Br2N2O2. The molecule has 0 spiro atoms. The number of hydrogen-bond donors (Lipinski definition) is 0. The maximum absolute atomic E-state index is 12.2. The van der Waals surface area contributed by atoms with Crippen LogP contribution in [0.2, 0.25) is 0 Å². The first-order valence-corrected chi connectivity index (χ1v) is 6.70. The largest absolute Gasteiger partial charge is 0.805 e. The van der Waals surface area contributed by atoms with Crippen LogP contribution >= 0.6 is 31.9 Å². The third-order valence-corrected chi connectivity index (χ3v) is 3.74. The highest BCUT2D eigenvalue weighted by molar-refractivity contribution is 9.10. The second kappa shape index (κ2) is 4.07. The van der Waals surface area contributed by atoms with E-state index in [9.17, 15) is 10.1 Å². The SMILES string of the molecule is O=[n+]1c2ccc(Br)cc2n([O-])c2ccc(Br)cc21. The van der Waals surface area contributed by atoms with Crippen molar-refractivity contribution in [2.24, 2.45) is 0 Å². The summed E-state index contributed by atoms with van der Waals surface area (Å²) in [5.41, 5.74) is 1.38. The van der Waals surface area contributed by atoms with Gasteiger partial charge in [0.1, 0.15) is 11.0 Å². The Morgan fingerprint density at radius 1 is 0.944 bits per heavy atom. The highest BCUT2D eigenvalue weighted by Crippen LogP contribution is 2.22. The Kier molecular flexibility index (Phi) is 2.64. The summed E-state index contributed by atoms with van der Waals surface area (Å²) in [4.78, 5) is 12.2. The lowest BCUT2D eigenvalue weighted by atomic mass is 10.2. The van der Waals surface area contributed by atoms with Gasteiger partial charge in [0.05, 0.1) is 4.43 Å². The quantitative estimate of drug-likeness (QED) is 0.449. The summed E-state index contributed by atoms with van der Waals surface area (Å²) in [5, 5.41) is 12.2. The van der Waals surface area contributed by atoms with E-state index in [1.165, 1.54) is 0 Å². The molecule has 0 unspecified atom stereocenters. The molecule has 0 aliphatic rings. The summed E-state index contributed by atoms with van der Waals surface area (Å²) in [5.74, 6) is 0. The zero-order valence-electron chi connectivity index (χ0n) is 8.93. The molecule has 0 atom stereocenters. The Labute approximate surface area is 118 Å². The Hall–Kier alpha value is -1.40. The monoisotopic (exact) mass is 368 g/mol. The van der Waals surface area contributed by atoms with Crippen LogP contribution in [0.3, 0.4) is 0 Å². The number of aromatic nitrogens is 2. The number of benzene rings is 2. The van der Waals surface area contributed by atoms with Crippen molar-refractivity contribution in [2.75, 3.05) is 0 Å². The normalized spacial score (nSPS) is 11.2. The molecule has 18 heavy (non-hydrogen) atoms. The predicted octanol–water partition coefficient (Wildman–Crippen LogP) is 3.58. The summed E-state index contributed by atoms with van der Waals surface area (Å²) >= 11 is 6.59. The number of rotatable bonds is 0. The Bertz CT molecular complexity index is 843. The molecule has 4 nitrogen and oxygen atoms in total. The minimum atomic E-state index is 0.342. The molecule has 0 N–H and O–H groups in total. The minimum absolute atomic E-state index is 0.342. The van der Waals surface area contributed by atoms with Gasteiger partial charge in [0.25, 0.3) is 11.0 Å². The van der Waals surface area contributed by atoms with Gasteiger partial charge in [-0.2, -0.15) is 0 Å². The van der Waals surface area contributed by atoms with Gasteiger partial charge in [-0.15, -0.1) is 0 Å². The molecule has 6 heteroatoms. The molecule has 0 radical (unpaired) electrons. The van der Waals surface area contributed by atoms with E-state index in [1.54, 1.807) is 36.4 Å². The second-order valence-electron chi connectivity index (χ2n) is 3.85. The topological polar surface area (TPSA) is 51.0 Å². The van der Waals surface area contributed by atoms with E-state index < -0.39 is 0 Å². The molecule has 3 rings (SSSR count). The second-order valence-corrected chi connectivity index (χ2v) is 5.69. The molecule has 1 aromatic heterocycles. The summed E-state index contributed by atoms with van der Waals surface area (Å²) in [6, 6.07) is 10.00. The predicted molar refractivity (Wildman–Crippen MR) is 77.0 cm³/mol.